The van der Waals surface area contributed by atoms with Crippen LogP contribution in [0.4, 0.5) is 0 Å². The first-order valence-electron chi connectivity index (χ1n) is 20.5. The van der Waals surface area contributed by atoms with E-state index in [4.69, 9.17) is 19.3 Å². The number of ether oxygens (including phenoxy) is 2. The second kappa shape index (κ2) is 32.5. The third kappa shape index (κ3) is 28.4. The number of carbonyl (C=O) groups is 2. The third-order valence-corrected chi connectivity index (χ3v) is 9.76. The Bertz CT molecular complexity index is 1230. The van der Waals surface area contributed by atoms with Crippen LogP contribution < -0.4 is 0 Å². The van der Waals surface area contributed by atoms with Crippen LogP contribution >= 0.6 is 7.82 Å². The second-order valence-electron chi connectivity index (χ2n) is 14.2. The highest BCUT2D eigenvalue weighted by Crippen LogP contribution is 2.37. The zero-order valence-electron chi connectivity index (χ0n) is 33.4. The average Bonchev–Trinajstić information content (AvgIpc) is 3.41. The Morgan fingerprint density at radius 1 is 0.727 bits per heavy atom. The normalized spacial score (nSPS) is 20.6. The van der Waals surface area contributed by atoms with Crippen molar-refractivity contribution in [3.8, 4) is 0 Å². The lowest BCUT2D eigenvalue weighted by Crippen LogP contribution is -2.29. The number of rotatable bonds is 32. The number of phosphoric ester groups is 1. The van der Waals surface area contributed by atoms with Gasteiger partial charge in [-0.05, 0) is 76.5 Å². The van der Waals surface area contributed by atoms with Crippen molar-refractivity contribution < 1.29 is 53.3 Å². The van der Waals surface area contributed by atoms with Crippen LogP contribution in [0.1, 0.15) is 136 Å². The highest BCUT2D eigenvalue weighted by atomic mass is 31.2. The standard InChI is InChI=1S/C43H71O11P/c1-3-5-7-8-9-10-11-12-13-14-15-16-17-18-19-20-26-30-43(48)54-37(35-53-55(49,50)51)34-52-42(47)29-25-22-21-24-28-38-39(41(46)33-40(38)45)32-31-36(44)27-23-6-4-2/h5,7,9-10,12-13,15-16,21,24,31-32,36-41,44-46H,3-4,6,8,11,14,17-20,22-23,25-30,33-35H2,1-2H3,(H2,49,50,51)/b7-5-,10-9-,13-12-,16-15-,24-21+,32-31+/t36-,37+,38+,39+,40-,41+/m0/s1. The van der Waals surface area contributed by atoms with Gasteiger partial charge >= 0.3 is 19.8 Å². The first kappa shape index (κ1) is 50.4. The van der Waals surface area contributed by atoms with Crippen LogP contribution in [0.2, 0.25) is 0 Å². The minimum Gasteiger partial charge on any atom is -0.462 e. The summed E-state index contributed by atoms with van der Waals surface area (Å²) in [4.78, 5) is 43.0. The number of hydrogen-bond donors (Lipinski definition) is 5. The fourth-order valence-corrected chi connectivity index (χ4v) is 6.54. The highest BCUT2D eigenvalue weighted by molar-refractivity contribution is 7.46. The third-order valence-electron chi connectivity index (χ3n) is 9.28. The molecule has 1 rings (SSSR count). The second-order valence-corrected chi connectivity index (χ2v) is 15.4. The molecule has 0 amide bonds. The zero-order valence-corrected chi connectivity index (χ0v) is 34.3. The van der Waals surface area contributed by atoms with E-state index in [0.717, 1.165) is 70.6 Å². The van der Waals surface area contributed by atoms with Gasteiger partial charge in [0.1, 0.15) is 6.61 Å². The lowest BCUT2D eigenvalue weighted by atomic mass is 9.89. The van der Waals surface area contributed by atoms with E-state index in [1.54, 1.807) is 6.08 Å². The Morgan fingerprint density at radius 3 is 2.02 bits per heavy atom. The van der Waals surface area contributed by atoms with E-state index in [9.17, 15) is 29.5 Å². The molecule has 0 unspecified atom stereocenters. The van der Waals surface area contributed by atoms with Gasteiger partial charge in [0.05, 0.1) is 24.9 Å². The number of aliphatic hydroxyl groups is 3. The van der Waals surface area contributed by atoms with Crippen molar-refractivity contribution >= 4 is 19.8 Å². The highest BCUT2D eigenvalue weighted by Gasteiger charge is 2.39. The molecule has 6 atom stereocenters. The lowest BCUT2D eigenvalue weighted by Gasteiger charge is -2.19. The summed E-state index contributed by atoms with van der Waals surface area (Å²) in [5.74, 6) is -1.53. The Hall–Kier alpha value is -2.63. The van der Waals surface area contributed by atoms with Crippen molar-refractivity contribution in [3.63, 3.8) is 0 Å². The molecular weight excluding hydrogens is 723 g/mol. The molecule has 1 fully saturated rings. The van der Waals surface area contributed by atoms with Gasteiger partial charge in [-0.1, -0.05) is 119 Å². The smallest absolute Gasteiger partial charge is 0.462 e. The maximum Gasteiger partial charge on any atom is 0.469 e. The molecule has 0 bridgehead atoms. The molecule has 11 nitrogen and oxygen atoms in total. The molecule has 1 aliphatic carbocycles. The summed E-state index contributed by atoms with van der Waals surface area (Å²) in [6, 6.07) is 0. The maximum atomic E-state index is 12.4. The molecule has 0 aromatic heterocycles. The fourth-order valence-electron chi connectivity index (χ4n) is 6.18. The molecule has 0 radical (unpaired) electrons. The molecule has 0 spiro atoms. The molecule has 0 saturated heterocycles. The average molecular weight is 795 g/mol. The van der Waals surface area contributed by atoms with E-state index in [0.29, 0.717) is 32.1 Å². The monoisotopic (exact) mass is 794 g/mol. The molecule has 12 heteroatoms. The lowest BCUT2D eigenvalue weighted by molar-refractivity contribution is -0.161. The van der Waals surface area contributed by atoms with Crippen molar-refractivity contribution in [2.45, 2.75) is 160 Å². The molecule has 0 aromatic carbocycles. The summed E-state index contributed by atoms with van der Waals surface area (Å²) in [6.07, 6.45) is 35.7. The van der Waals surface area contributed by atoms with Gasteiger partial charge in [0.25, 0.3) is 0 Å². The minimum absolute atomic E-state index is 0.0807. The van der Waals surface area contributed by atoms with E-state index in [1.165, 1.54) is 0 Å². The summed E-state index contributed by atoms with van der Waals surface area (Å²) in [5.41, 5.74) is 0. The Morgan fingerprint density at radius 2 is 1.35 bits per heavy atom. The molecule has 5 N–H and O–H groups in total. The van der Waals surface area contributed by atoms with Gasteiger partial charge in [-0.2, -0.15) is 0 Å². The summed E-state index contributed by atoms with van der Waals surface area (Å²) in [6.45, 7) is 3.23. The molecule has 0 heterocycles. The van der Waals surface area contributed by atoms with Gasteiger partial charge in [-0.3, -0.25) is 14.1 Å². The molecular formula is C43H71O11P. The molecule has 0 aliphatic heterocycles. The van der Waals surface area contributed by atoms with Crippen LogP contribution in [-0.4, -0.2) is 74.7 Å². The minimum atomic E-state index is -4.83. The van der Waals surface area contributed by atoms with Gasteiger partial charge in [0, 0.05) is 25.2 Å². The summed E-state index contributed by atoms with van der Waals surface area (Å²) in [5, 5.41) is 31.2. The van der Waals surface area contributed by atoms with Crippen molar-refractivity contribution in [1.82, 2.24) is 0 Å². The molecule has 55 heavy (non-hydrogen) atoms. The Balaban J connectivity index is 2.33. The van der Waals surface area contributed by atoms with Gasteiger partial charge in [0.2, 0.25) is 0 Å². The topological polar surface area (TPSA) is 180 Å². The number of unbranched alkanes of at least 4 members (excludes halogenated alkanes) is 7. The molecule has 314 valence electrons. The SMILES string of the molecule is CC/C=C\C/C=C\C/C=C\C/C=C\CCCCCCC(=O)O[C@H](COC(=O)CCC/C=C/C[C@@H]1[C@@H](/C=C/[C@@H](O)CCCCC)[C@H](O)C[C@@H]1O)COP(=O)(O)O. The van der Waals surface area contributed by atoms with E-state index < -0.39 is 50.8 Å². The zero-order chi connectivity index (χ0) is 40.6. The van der Waals surface area contributed by atoms with Crippen molar-refractivity contribution in [1.29, 1.82) is 0 Å². The molecule has 1 saturated carbocycles. The largest absolute Gasteiger partial charge is 0.469 e. The number of aliphatic hydroxyl groups excluding tert-OH is 3. The van der Waals surface area contributed by atoms with Crippen LogP contribution in [0.15, 0.2) is 72.9 Å². The summed E-state index contributed by atoms with van der Waals surface area (Å²) in [7, 11) is -4.83. The Kier molecular flexibility index (Phi) is 29.7. The molecule has 0 aromatic rings. The van der Waals surface area contributed by atoms with Gasteiger partial charge < -0.3 is 34.6 Å². The Labute approximate surface area is 330 Å². The number of hydrogen-bond acceptors (Lipinski definition) is 9. The van der Waals surface area contributed by atoms with Crippen LogP contribution in [0, 0.1) is 11.8 Å². The maximum absolute atomic E-state index is 12.4. The van der Waals surface area contributed by atoms with E-state index in [-0.39, 0.29) is 37.7 Å². The van der Waals surface area contributed by atoms with Crippen LogP contribution in [0.3, 0.4) is 0 Å². The predicted octanol–water partition coefficient (Wildman–Crippen LogP) is 8.67. The number of carbonyl (C=O) groups excluding carboxylic acids is 2. The quantitative estimate of drug-likeness (QED) is 0.0190. The molecule has 1 aliphatic rings. The van der Waals surface area contributed by atoms with Crippen molar-refractivity contribution in [2.75, 3.05) is 13.2 Å². The van der Waals surface area contributed by atoms with Crippen molar-refractivity contribution in [2.24, 2.45) is 11.8 Å². The van der Waals surface area contributed by atoms with Crippen LogP contribution in [0.5, 0.6) is 0 Å². The first-order chi connectivity index (χ1) is 26.5. The van der Waals surface area contributed by atoms with E-state index >= 15 is 0 Å². The van der Waals surface area contributed by atoms with Gasteiger partial charge in [-0.25, -0.2) is 4.57 Å². The number of allylic oxidation sites excluding steroid dienone is 10. The van der Waals surface area contributed by atoms with Crippen LogP contribution in [0.25, 0.3) is 0 Å². The fraction of sp³-hybridized carbons (Fsp3) is 0.674. The van der Waals surface area contributed by atoms with Gasteiger partial charge in [0.15, 0.2) is 6.10 Å². The summed E-state index contributed by atoms with van der Waals surface area (Å²) < 4.78 is 26.3. The number of phosphoric acid groups is 1. The van der Waals surface area contributed by atoms with E-state index in [2.05, 4.69) is 67.0 Å². The predicted molar refractivity (Wildman–Crippen MR) is 218 cm³/mol. The van der Waals surface area contributed by atoms with Crippen molar-refractivity contribution in [3.05, 3.63) is 72.9 Å². The number of esters is 2. The first-order valence-corrected chi connectivity index (χ1v) is 22.0. The summed E-state index contributed by atoms with van der Waals surface area (Å²) >= 11 is 0. The van der Waals surface area contributed by atoms with Crippen LogP contribution in [-0.2, 0) is 28.2 Å². The van der Waals surface area contributed by atoms with Gasteiger partial charge in [-0.15, -0.1) is 0 Å². The van der Waals surface area contributed by atoms with E-state index in [1.807, 2.05) is 18.2 Å².